The number of benzene rings is 3. The molecule has 43 heavy (non-hydrogen) atoms. The number of aliphatic hydroxyl groups excluding tert-OH is 4. The molecule has 5 atom stereocenters. The van der Waals surface area contributed by atoms with Crippen molar-refractivity contribution in [2.24, 2.45) is 0 Å². The summed E-state index contributed by atoms with van der Waals surface area (Å²) in [5.41, 5.74) is 6.80. The number of carbonyl (C=O) groups excluding carboxylic acids is 1. The Kier molecular flexibility index (Phi) is 9.97. The molecule has 1 fully saturated rings. The number of ether oxygens (including phenoxy) is 2. The van der Waals surface area contributed by atoms with Crippen molar-refractivity contribution in [1.82, 2.24) is 4.98 Å². The Balaban J connectivity index is 1.61. The number of pyridine rings is 1. The summed E-state index contributed by atoms with van der Waals surface area (Å²) in [6.07, 6.45) is -5.29. The first-order valence-corrected chi connectivity index (χ1v) is 14.6. The third kappa shape index (κ3) is 7.01. The van der Waals surface area contributed by atoms with Crippen LogP contribution in [-0.2, 0) is 35.2 Å². The molecule has 0 aliphatic carbocycles. The maximum atomic E-state index is 13.9. The molecule has 1 aliphatic rings. The first kappa shape index (κ1) is 30.5. The molecule has 4 N–H and O–H groups in total. The Morgan fingerprint density at radius 1 is 0.791 bits per heavy atom. The summed E-state index contributed by atoms with van der Waals surface area (Å²) in [6.45, 7) is 1.37. The molecule has 0 radical (unpaired) electrons. The molecular weight excluding hydrogens is 546 g/mol. The van der Waals surface area contributed by atoms with Gasteiger partial charge in [-0.1, -0.05) is 97.9 Å². The van der Waals surface area contributed by atoms with E-state index in [0.29, 0.717) is 25.7 Å². The Labute approximate surface area is 251 Å². The summed E-state index contributed by atoms with van der Waals surface area (Å²) in [5, 5.41) is 40.3. The van der Waals surface area contributed by atoms with Crippen LogP contribution in [0.1, 0.15) is 56.5 Å². The van der Waals surface area contributed by atoms with Crippen molar-refractivity contribution >= 4 is 5.97 Å². The molecule has 1 aromatic heterocycles. The molecule has 8 heteroatoms. The van der Waals surface area contributed by atoms with Gasteiger partial charge in [0.1, 0.15) is 24.4 Å². The van der Waals surface area contributed by atoms with Gasteiger partial charge in [0, 0.05) is 18.5 Å². The van der Waals surface area contributed by atoms with Crippen LogP contribution in [0.5, 0.6) is 0 Å². The third-order valence-electron chi connectivity index (χ3n) is 7.86. The van der Waals surface area contributed by atoms with Crippen LogP contribution in [0.4, 0.5) is 0 Å². The van der Waals surface area contributed by atoms with E-state index in [9.17, 15) is 25.2 Å². The van der Waals surface area contributed by atoms with Crippen LogP contribution in [0.15, 0.2) is 91.0 Å². The van der Waals surface area contributed by atoms with Crippen LogP contribution in [-0.4, -0.2) is 68.7 Å². The monoisotopic (exact) mass is 583 g/mol. The molecule has 0 saturated carbocycles. The number of aromatic nitrogens is 1. The minimum Gasteiger partial charge on any atom is -0.428 e. The van der Waals surface area contributed by atoms with Crippen LogP contribution < -0.4 is 0 Å². The zero-order valence-corrected chi connectivity index (χ0v) is 24.0. The maximum Gasteiger partial charge on any atom is 0.359 e. The second kappa shape index (κ2) is 14.0. The summed E-state index contributed by atoms with van der Waals surface area (Å²) < 4.78 is 11.1. The smallest absolute Gasteiger partial charge is 0.359 e. The molecule has 0 amide bonds. The highest BCUT2D eigenvalue weighted by Gasteiger charge is 2.48. The predicted molar refractivity (Wildman–Crippen MR) is 161 cm³/mol. The van der Waals surface area contributed by atoms with Crippen molar-refractivity contribution < 1.29 is 34.7 Å². The van der Waals surface area contributed by atoms with E-state index in [0.717, 1.165) is 39.1 Å². The lowest BCUT2D eigenvalue weighted by Crippen LogP contribution is -2.40. The van der Waals surface area contributed by atoms with Crippen LogP contribution in [0.25, 0.3) is 0 Å². The molecule has 0 bridgehead atoms. The van der Waals surface area contributed by atoms with E-state index in [-0.39, 0.29) is 5.69 Å². The van der Waals surface area contributed by atoms with Crippen molar-refractivity contribution in [2.75, 3.05) is 6.61 Å². The molecule has 0 unspecified atom stereocenters. The van der Waals surface area contributed by atoms with Gasteiger partial charge < -0.3 is 29.9 Å². The summed E-state index contributed by atoms with van der Waals surface area (Å²) in [5.74, 6) is -0.809. The first-order chi connectivity index (χ1) is 20.9. The van der Waals surface area contributed by atoms with Crippen LogP contribution >= 0.6 is 0 Å². The van der Waals surface area contributed by atoms with Gasteiger partial charge in [0.25, 0.3) is 0 Å². The fourth-order valence-electron chi connectivity index (χ4n) is 5.65. The summed E-state index contributed by atoms with van der Waals surface area (Å²) in [4.78, 5) is 18.8. The zero-order chi connectivity index (χ0) is 30.3. The molecule has 0 spiro atoms. The van der Waals surface area contributed by atoms with E-state index < -0.39 is 43.3 Å². The van der Waals surface area contributed by atoms with E-state index in [1.807, 2.05) is 78.9 Å². The van der Waals surface area contributed by atoms with Gasteiger partial charge in [-0.3, -0.25) is 0 Å². The van der Waals surface area contributed by atoms with E-state index in [1.165, 1.54) is 0 Å². The Hall–Kier alpha value is -3.92. The minimum absolute atomic E-state index is 0.111. The van der Waals surface area contributed by atoms with Crippen molar-refractivity contribution in [3.63, 3.8) is 0 Å². The lowest BCUT2D eigenvalue weighted by molar-refractivity contribution is -0.154. The van der Waals surface area contributed by atoms with E-state index in [2.05, 4.69) is 19.1 Å². The van der Waals surface area contributed by atoms with E-state index in [1.54, 1.807) is 0 Å². The molecular formula is C35H37NO7. The topological polar surface area (TPSA) is 129 Å². The molecule has 2 heterocycles. The zero-order valence-electron chi connectivity index (χ0n) is 24.0. The number of aliphatic hydroxyl groups is 4. The van der Waals surface area contributed by atoms with Gasteiger partial charge >= 0.3 is 5.97 Å². The number of hydrogen-bond acceptors (Lipinski definition) is 8. The Morgan fingerprint density at radius 2 is 1.30 bits per heavy atom. The van der Waals surface area contributed by atoms with Crippen molar-refractivity contribution in [1.29, 1.82) is 0 Å². The molecule has 1 aliphatic heterocycles. The molecule has 8 nitrogen and oxygen atoms in total. The Bertz CT molecular complexity index is 1500. The molecule has 3 aromatic carbocycles. The number of carbonyl (C=O) groups is 1. The minimum atomic E-state index is -1.61. The lowest BCUT2D eigenvalue weighted by Gasteiger charge is -2.22. The SMILES string of the molecule is CCc1c(Cc2ccccc2)c(Cc2ccccc2)nc(C(=O)O[C@H]2O[C@H]([C@@H](O)CO)[C@H](O)[C@H]2O)c1Cc1ccccc1. The van der Waals surface area contributed by atoms with Crippen molar-refractivity contribution in [2.45, 2.75) is 63.3 Å². The van der Waals surface area contributed by atoms with E-state index in [4.69, 9.17) is 14.5 Å². The fourth-order valence-corrected chi connectivity index (χ4v) is 5.65. The summed E-state index contributed by atoms with van der Waals surface area (Å²) in [7, 11) is 0. The number of hydrogen-bond donors (Lipinski definition) is 4. The molecule has 4 aromatic rings. The largest absolute Gasteiger partial charge is 0.428 e. The van der Waals surface area contributed by atoms with Crippen LogP contribution in [0, 0.1) is 0 Å². The molecule has 1 saturated heterocycles. The average Bonchev–Trinajstić information content (AvgIpc) is 3.31. The van der Waals surface area contributed by atoms with Gasteiger partial charge in [-0.05, 0) is 46.2 Å². The van der Waals surface area contributed by atoms with Crippen LogP contribution in [0.3, 0.4) is 0 Å². The maximum absolute atomic E-state index is 13.9. The lowest BCUT2D eigenvalue weighted by atomic mass is 9.87. The highest BCUT2D eigenvalue weighted by molar-refractivity contribution is 5.90. The second-order valence-electron chi connectivity index (χ2n) is 10.8. The Morgan fingerprint density at radius 3 is 1.81 bits per heavy atom. The first-order valence-electron chi connectivity index (χ1n) is 14.6. The highest BCUT2D eigenvalue weighted by atomic mass is 16.7. The fraction of sp³-hybridized carbons (Fsp3) is 0.314. The van der Waals surface area contributed by atoms with Crippen LogP contribution in [0.2, 0.25) is 0 Å². The van der Waals surface area contributed by atoms with Gasteiger partial charge in [0.15, 0.2) is 5.69 Å². The molecule has 5 rings (SSSR count). The number of rotatable bonds is 11. The van der Waals surface area contributed by atoms with Gasteiger partial charge in [0.2, 0.25) is 6.29 Å². The quantitative estimate of drug-likeness (QED) is 0.198. The van der Waals surface area contributed by atoms with Gasteiger partial charge in [-0.25, -0.2) is 9.78 Å². The average molecular weight is 584 g/mol. The standard InChI is InChI=1S/C35H37NO7/c1-2-25-26(18-22-12-6-3-7-13-22)28(20-24-16-10-5-11-17-24)36-30(27(25)19-23-14-8-4-9-15-23)34(41)43-35-32(40)31(39)33(42-35)29(38)21-37/h3-17,29,31-33,35,37-40H,2,18-21H2,1H3/t29-,31+,32+,33+,35+/m0/s1. The van der Waals surface area contributed by atoms with Gasteiger partial charge in [0.05, 0.1) is 6.61 Å². The number of nitrogens with zero attached hydrogens (tertiary/aromatic N) is 1. The summed E-state index contributed by atoms with van der Waals surface area (Å²) in [6, 6.07) is 29.9. The van der Waals surface area contributed by atoms with Gasteiger partial charge in [-0.15, -0.1) is 0 Å². The molecule has 224 valence electrons. The van der Waals surface area contributed by atoms with Gasteiger partial charge in [-0.2, -0.15) is 0 Å². The second-order valence-corrected chi connectivity index (χ2v) is 10.8. The van der Waals surface area contributed by atoms with Crippen molar-refractivity contribution in [3.8, 4) is 0 Å². The normalized spacial score (nSPS) is 20.6. The van der Waals surface area contributed by atoms with E-state index >= 15 is 0 Å². The number of esters is 1. The third-order valence-corrected chi connectivity index (χ3v) is 7.86. The summed E-state index contributed by atoms with van der Waals surface area (Å²) >= 11 is 0. The van der Waals surface area contributed by atoms with Crippen molar-refractivity contribution in [3.05, 3.63) is 136 Å². The highest BCUT2D eigenvalue weighted by Crippen LogP contribution is 2.31. The predicted octanol–water partition coefficient (Wildman–Crippen LogP) is 3.37.